The van der Waals surface area contributed by atoms with Gasteiger partial charge in [-0.3, -0.25) is 9.69 Å². The summed E-state index contributed by atoms with van der Waals surface area (Å²) < 4.78 is 5.58. The molecule has 1 spiro atoms. The Morgan fingerprint density at radius 1 is 1.07 bits per heavy atom. The second-order valence-corrected chi connectivity index (χ2v) is 14.0. The van der Waals surface area contributed by atoms with Crippen molar-refractivity contribution in [2.75, 3.05) is 57.9 Å². The van der Waals surface area contributed by atoms with Crippen molar-refractivity contribution in [2.45, 2.75) is 70.1 Å². The molecule has 1 aromatic carbocycles. The molecule has 2 aliphatic heterocycles. The monoisotopic (exact) mass is 578 g/mol. The van der Waals surface area contributed by atoms with Gasteiger partial charge in [-0.1, -0.05) is 32.0 Å². The van der Waals surface area contributed by atoms with Gasteiger partial charge in [0.1, 0.15) is 11.3 Å². The molecule has 5 unspecified atom stereocenters. The Morgan fingerprint density at radius 2 is 1.83 bits per heavy atom. The number of likely N-dealkylation sites (tertiary alicyclic amines) is 1. The molecule has 3 aliphatic carbocycles. The van der Waals surface area contributed by atoms with Crippen molar-refractivity contribution in [1.82, 2.24) is 14.7 Å². The van der Waals surface area contributed by atoms with Crippen molar-refractivity contribution in [3.63, 3.8) is 0 Å². The minimum Gasteiger partial charge on any atom is -0.468 e. The molecule has 2 N–H and O–H groups in total. The number of fused-ring (bicyclic) bond motifs is 2. The maximum Gasteiger partial charge on any atom is 0.250 e. The third kappa shape index (κ3) is 5.29. The van der Waals surface area contributed by atoms with Crippen LogP contribution in [0.2, 0.25) is 0 Å². The normalized spacial score (nSPS) is 28.3. The summed E-state index contributed by atoms with van der Waals surface area (Å²) in [5, 5.41) is 20.2. The fraction of sp³-hybridized carbons (Fsp3) is 0.676. The van der Waals surface area contributed by atoms with Crippen LogP contribution in [0.25, 0.3) is 0 Å². The molecule has 0 radical (unpaired) electrons. The lowest BCUT2D eigenvalue weighted by Gasteiger charge is -2.60. The van der Waals surface area contributed by atoms with Gasteiger partial charge in [0.25, 0.3) is 0 Å². The Hall–Kier alpha value is -2.39. The van der Waals surface area contributed by atoms with Crippen LogP contribution >= 0.6 is 0 Å². The Morgan fingerprint density at radius 3 is 2.48 bits per heavy atom. The zero-order valence-corrected chi connectivity index (χ0v) is 25.7. The van der Waals surface area contributed by atoms with Crippen LogP contribution in [0.1, 0.15) is 64.2 Å². The van der Waals surface area contributed by atoms with E-state index in [9.17, 15) is 15.0 Å². The molecule has 230 valence electrons. The first-order valence-corrected chi connectivity index (χ1v) is 16.1. The van der Waals surface area contributed by atoms with Crippen molar-refractivity contribution in [3.8, 4) is 0 Å². The molecule has 8 nitrogen and oxygen atoms in total. The van der Waals surface area contributed by atoms with Crippen molar-refractivity contribution >= 4 is 11.6 Å². The molecule has 5 aliphatic rings. The van der Waals surface area contributed by atoms with E-state index >= 15 is 0 Å². The molecule has 1 amide bonds. The van der Waals surface area contributed by atoms with E-state index in [-0.39, 0.29) is 12.5 Å². The van der Waals surface area contributed by atoms with E-state index in [0.717, 1.165) is 55.9 Å². The first-order chi connectivity index (χ1) is 20.2. The Kier molecular flexibility index (Phi) is 8.44. The van der Waals surface area contributed by atoms with Crippen molar-refractivity contribution < 1.29 is 19.4 Å². The van der Waals surface area contributed by atoms with Crippen LogP contribution in [0.15, 0.2) is 53.1 Å². The maximum absolute atomic E-state index is 14.2. The number of piperidine rings is 1. The van der Waals surface area contributed by atoms with Crippen LogP contribution in [0.4, 0.5) is 5.69 Å². The lowest BCUT2D eigenvalue weighted by atomic mass is 9.45. The van der Waals surface area contributed by atoms with Crippen molar-refractivity contribution in [3.05, 3.63) is 54.5 Å². The summed E-state index contributed by atoms with van der Waals surface area (Å²) in [6, 6.07) is 13.5. The molecule has 2 bridgehead atoms. The highest BCUT2D eigenvalue weighted by Gasteiger charge is 2.55. The molecule has 2 aromatic rings. The number of hydrogen-bond donors (Lipinski definition) is 2. The number of rotatable bonds is 11. The van der Waals surface area contributed by atoms with Gasteiger partial charge in [0, 0.05) is 31.9 Å². The molecule has 1 aromatic heterocycles. The van der Waals surface area contributed by atoms with Gasteiger partial charge in [-0.05, 0) is 99.6 Å². The number of carbonyl (C=O) groups is 1. The Labute approximate surface area is 251 Å². The highest BCUT2D eigenvalue weighted by molar-refractivity contribution is 5.93. The second-order valence-electron chi connectivity index (χ2n) is 14.0. The number of amides is 1. The van der Waals surface area contributed by atoms with Gasteiger partial charge in [-0.15, -0.1) is 0 Å². The third-order valence-corrected chi connectivity index (χ3v) is 11.7. The van der Waals surface area contributed by atoms with E-state index in [1.165, 1.54) is 25.7 Å². The molecule has 8 heteroatoms. The first-order valence-electron chi connectivity index (χ1n) is 16.1. The number of likely N-dealkylation sites (N-methyl/N-ethyl adjacent to an activating group) is 1. The van der Waals surface area contributed by atoms with E-state index < -0.39 is 17.7 Å². The standard InChI is InChI=1S/C34H50N4O4/c1-33(2)26-12-11-25(28(33)22-26)13-16-36-17-14-34(15-18-36)32(41)37(24-38(34)27-8-5-4-6-9-27)20-19-35(3)31(29(40)23-39)30-10-7-21-42-30/h4-10,21,25-26,28-29,31,39-40H,11-20,22-24H2,1-3H3. The van der Waals surface area contributed by atoms with Gasteiger partial charge in [0.2, 0.25) is 5.91 Å². The molecule has 7 rings (SSSR count). The predicted molar refractivity (Wildman–Crippen MR) is 164 cm³/mol. The molecular formula is C34H50N4O4. The fourth-order valence-electron chi connectivity index (χ4n) is 8.85. The topological polar surface area (TPSA) is 83.6 Å². The van der Waals surface area contributed by atoms with Crippen LogP contribution in [0, 0.1) is 23.2 Å². The number of nitrogens with zero attached hydrogens (tertiary/aromatic N) is 4. The van der Waals surface area contributed by atoms with Crippen LogP contribution in [0.3, 0.4) is 0 Å². The molecule has 3 saturated carbocycles. The van der Waals surface area contributed by atoms with Crippen LogP contribution in [-0.2, 0) is 4.79 Å². The van der Waals surface area contributed by atoms with E-state index in [1.807, 2.05) is 29.0 Å². The van der Waals surface area contributed by atoms with Gasteiger partial charge in [-0.2, -0.15) is 0 Å². The number of furan rings is 1. The summed E-state index contributed by atoms with van der Waals surface area (Å²) >= 11 is 0. The van der Waals surface area contributed by atoms with Gasteiger partial charge in [0.05, 0.1) is 31.7 Å². The molecule has 42 heavy (non-hydrogen) atoms. The van der Waals surface area contributed by atoms with Gasteiger partial charge in [-0.25, -0.2) is 0 Å². The largest absolute Gasteiger partial charge is 0.468 e. The van der Waals surface area contributed by atoms with Gasteiger partial charge >= 0.3 is 0 Å². The molecule has 5 fully saturated rings. The number of benzene rings is 1. The number of hydrogen-bond acceptors (Lipinski definition) is 7. The average molecular weight is 579 g/mol. The summed E-state index contributed by atoms with van der Waals surface area (Å²) in [6.45, 7) is 9.32. The number of aliphatic hydroxyl groups is 2. The van der Waals surface area contributed by atoms with Gasteiger partial charge in [0.15, 0.2) is 0 Å². The van der Waals surface area contributed by atoms with E-state index in [4.69, 9.17) is 4.42 Å². The summed E-state index contributed by atoms with van der Waals surface area (Å²) in [7, 11) is 1.91. The van der Waals surface area contributed by atoms with Crippen LogP contribution in [0.5, 0.6) is 0 Å². The minimum atomic E-state index is -0.975. The fourth-order valence-corrected chi connectivity index (χ4v) is 8.85. The van der Waals surface area contributed by atoms with Crippen LogP contribution in [-0.4, -0.2) is 95.5 Å². The van der Waals surface area contributed by atoms with Crippen molar-refractivity contribution in [1.29, 1.82) is 0 Å². The third-order valence-electron chi connectivity index (χ3n) is 11.7. The molecule has 2 saturated heterocycles. The first kappa shape index (κ1) is 29.7. The Bertz CT molecular complexity index is 1180. The number of anilines is 1. The summed E-state index contributed by atoms with van der Waals surface area (Å²) in [4.78, 5) is 23.2. The zero-order valence-electron chi connectivity index (χ0n) is 25.7. The number of carbonyl (C=O) groups excluding carboxylic acids is 1. The summed E-state index contributed by atoms with van der Waals surface area (Å²) in [6.07, 6.45) is 7.82. The van der Waals surface area contributed by atoms with E-state index in [0.29, 0.717) is 30.9 Å². The summed E-state index contributed by atoms with van der Waals surface area (Å²) in [5.74, 6) is 3.53. The van der Waals surface area contributed by atoms with Gasteiger partial charge < -0.3 is 29.3 Å². The van der Waals surface area contributed by atoms with Crippen molar-refractivity contribution in [2.24, 2.45) is 23.2 Å². The zero-order chi connectivity index (χ0) is 29.5. The number of aliphatic hydroxyl groups excluding tert-OH is 2. The quantitative estimate of drug-likeness (QED) is 0.413. The predicted octanol–water partition coefficient (Wildman–Crippen LogP) is 4.21. The number of para-hydroxylation sites is 1. The molecular weight excluding hydrogens is 528 g/mol. The summed E-state index contributed by atoms with van der Waals surface area (Å²) in [5.41, 5.74) is 1.12. The second kappa shape index (κ2) is 11.9. The van der Waals surface area contributed by atoms with E-state index in [2.05, 4.69) is 47.9 Å². The molecule has 5 atom stereocenters. The molecule has 3 heterocycles. The Balaban J connectivity index is 1.11. The van der Waals surface area contributed by atoms with Crippen LogP contribution < -0.4 is 4.90 Å². The lowest BCUT2D eigenvalue weighted by Crippen LogP contribution is -2.57. The highest BCUT2D eigenvalue weighted by atomic mass is 16.3. The highest BCUT2D eigenvalue weighted by Crippen LogP contribution is 2.62. The SMILES string of the molecule is CN(CCN1CN(c2ccccc2)C2(CCN(CCC3CCC4CC3C4(C)C)CC2)C1=O)C(c1ccco1)C(O)CO. The lowest BCUT2D eigenvalue weighted by molar-refractivity contribution is -0.134. The average Bonchev–Trinajstić information content (AvgIpc) is 3.63. The minimum absolute atomic E-state index is 0.214. The maximum atomic E-state index is 14.2. The van der Waals surface area contributed by atoms with E-state index in [1.54, 1.807) is 12.3 Å². The smallest absolute Gasteiger partial charge is 0.250 e.